The Bertz CT molecular complexity index is 1990. The van der Waals surface area contributed by atoms with Gasteiger partial charge in [0.15, 0.2) is 0 Å². The summed E-state index contributed by atoms with van der Waals surface area (Å²) in [7, 11) is 1.54. The van der Waals surface area contributed by atoms with Crippen LogP contribution in [0.15, 0.2) is 88.1 Å². The molecule has 0 radical (unpaired) electrons. The lowest BCUT2D eigenvalue weighted by Gasteiger charge is -2.44. The Kier molecular flexibility index (Phi) is 8.84. The SMILES string of the molecule is COc1ccc(Br)c(C(=O)Nc2cc(C(=O)N3CCN(c4ccc([N+](=O)[O-])cc4)CC3)ccc2N2C[C@H]3C[C@@H](C2)c2cccc(=O)n2C3)c1. The monoisotopic (exact) mass is 726 g/mol. The van der Waals surface area contributed by atoms with Gasteiger partial charge in [-0.25, -0.2) is 0 Å². The van der Waals surface area contributed by atoms with Crippen molar-refractivity contribution in [3.63, 3.8) is 0 Å². The number of anilines is 3. The molecule has 3 aromatic carbocycles. The minimum Gasteiger partial charge on any atom is -0.497 e. The minimum absolute atomic E-state index is 0.0221. The molecule has 0 spiro atoms. The number of ether oxygens (including phenoxy) is 1. The van der Waals surface area contributed by atoms with E-state index in [9.17, 15) is 24.5 Å². The van der Waals surface area contributed by atoms with Crippen molar-refractivity contribution < 1.29 is 19.2 Å². The molecule has 2 bridgehead atoms. The molecule has 1 N–H and O–H groups in total. The number of carbonyl (C=O) groups is 2. The molecule has 0 aliphatic carbocycles. The highest BCUT2D eigenvalue weighted by atomic mass is 79.9. The van der Waals surface area contributed by atoms with E-state index in [0.29, 0.717) is 72.8 Å². The number of non-ortho nitro benzene ring substituents is 1. The first-order chi connectivity index (χ1) is 23.7. The molecule has 3 aliphatic heterocycles. The van der Waals surface area contributed by atoms with Crippen LogP contribution in [0.25, 0.3) is 0 Å². The number of nitrogens with zero attached hydrogens (tertiary/aromatic N) is 5. The zero-order chi connectivity index (χ0) is 34.2. The number of amides is 2. The Balaban J connectivity index is 1.15. The topological polar surface area (TPSA) is 130 Å². The summed E-state index contributed by atoms with van der Waals surface area (Å²) in [5.41, 5.74) is 4.15. The van der Waals surface area contributed by atoms with Crippen LogP contribution >= 0.6 is 15.9 Å². The van der Waals surface area contributed by atoms with Gasteiger partial charge in [-0.15, -0.1) is 0 Å². The molecule has 2 amide bonds. The average molecular weight is 728 g/mol. The van der Waals surface area contributed by atoms with Gasteiger partial charge in [-0.2, -0.15) is 0 Å². The number of nitro groups is 1. The molecule has 2 fully saturated rings. The summed E-state index contributed by atoms with van der Waals surface area (Å²) >= 11 is 3.49. The van der Waals surface area contributed by atoms with Crippen LogP contribution in [-0.4, -0.2) is 72.6 Å². The lowest BCUT2D eigenvalue weighted by atomic mass is 9.83. The number of nitro benzene ring substituents is 1. The van der Waals surface area contributed by atoms with Crippen LogP contribution in [0.3, 0.4) is 0 Å². The second kappa shape index (κ2) is 13.4. The van der Waals surface area contributed by atoms with Gasteiger partial charge in [-0.3, -0.25) is 24.5 Å². The largest absolute Gasteiger partial charge is 0.497 e. The van der Waals surface area contributed by atoms with Crippen LogP contribution in [0.5, 0.6) is 5.75 Å². The van der Waals surface area contributed by atoms with Crippen LogP contribution in [0.4, 0.5) is 22.7 Å². The lowest BCUT2D eigenvalue weighted by Crippen LogP contribution is -2.49. The van der Waals surface area contributed by atoms with Gasteiger partial charge in [-0.1, -0.05) is 6.07 Å². The molecule has 0 saturated carbocycles. The van der Waals surface area contributed by atoms with Gasteiger partial charge >= 0.3 is 0 Å². The number of nitrogens with one attached hydrogen (secondary N) is 1. The second-order valence-electron chi connectivity index (χ2n) is 12.7. The van der Waals surface area contributed by atoms with E-state index in [1.807, 2.05) is 28.8 Å². The molecule has 7 rings (SSSR count). The number of fused-ring (bicyclic) bond motifs is 4. The molecule has 12 nitrogen and oxygen atoms in total. The molecule has 49 heavy (non-hydrogen) atoms. The molecule has 3 aliphatic rings. The summed E-state index contributed by atoms with van der Waals surface area (Å²) in [4.78, 5) is 57.0. The predicted octanol–water partition coefficient (Wildman–Crippen LogP) is 5.37. The Labute approximate surface area is 291 Å². The summed E-state index contributed by atoms with van der Waals surface area (Å²) in [6.45, 7) is 4.13. The fourth-order valence-electron chi connectivity index (χ4n) is 7.27. The number of benzene rings is 3. The van der Waals surface area contributed by atoms with Gasteiger partial charge < -0.3 is 29.3 Å². The number of pyridine rings is 1. The lowest BCUT2D eigenvalue weighted by molar-refractivity contribution is -0.384. The van der Waals surface area contributed by atoms with Gasteiger partial charge in [-0.05, 0) is 82.9 Å². The van der Waals surface area contributed by atoms with Crippen LogP contribution in [0, 0.1) is 16.0 Å². The van der Waals surface area contributed by atoms with Crippen molar-refractivity contribution in [3.05, 3.63) is 121 Å². The van der Waals surface area contributed by atoms with Crippen molar-refractivity contribution in [1.29, 1.82) is 0 Å². The van der Waals surface area contributed by atoms with Crippen LogP contribution in [0.1, 0.15) is 38.7 Å². The van der Waals surface area contributed by atoms with Crippen molar-refractivity contribution in [2.45, 2.75) is 18.9 Å². The summed E-state index contributed by atoms with van der Waals surface area (Å²) in [6, 6.07) is 22.6. The fraction of sp³-hybridized carbons (Fsp3) is 0.306. The van der Waals surface area contributed by atoms with Crippen molar-refractivity contribution in [1.82, 2.24) is 9.47 Å². The normalized spacial score (nSPS) is 18.4. The Hall–Kier alpha value is -5.17. The van der Waals surface area contributed by atoms with Gasteiger partial charge in [0.2, 0.25) is 0 Å². The highest BCUT2D eigenvalue weighted by molar-refractivity contribution is 9.10. The van der Waals surface area contributed by atoms with Crippen molar-refractivity contribution in [2.75, 3.05) is 61.5 Å². The van der Waals surface area contributed by atoms with Crippen molar-refractivity contribution in [3.8, 4) is 5.75 Å². The molecule has 0 unspecified atom stereocenters. The maximum absolute atomic E-state index is 13.9. The van der Waals surface area contributed by atoms with E-state index in [-0.39, 0.29) is 34.9 Å². The standard InChI is InChI=1S/C36H35BrN6O6/c1-49-28-10-11-30(37)29(19-28)35(45)38-31-18-24(36(46)40-15-13-39(14-16-40)26-6-8-27(9-7-26)43(47)48)5-12-33(31)41-20-23-17-25(22-41)32-3-2-4-34(44)42(32)21-23/h2-12,18-19,23,25H,13-17,20-22H2,1H3,(H,38,45)/t23-,25+/m1/s1. The summed E-state index contributed by atoms with van der Waals surface area (Å²) in [6.07, 6.45) is 0.987. The number of hydrogen-bond donors (Lipinski definition) is 1. The van der Waals surface area contributed by atoms with Crippen molar-refractivity contribution in [2.24, 2.45) is 5.92 Å². The number of piperidine rings is 1. The summed E-state index contributed by atoms with van der Waals surface area (Å²) in [5.74, 6) is 0.476. The molecule has 1 aromatic heterocycles. The Morgan fingerprint density at radius 2 is 1.69 bits per heavy atom. The maximum atomic E-state index is 13.9. The number of halogens is 1. The number of aromatic nitrogens is 1. The molecule has 2 saturated heterocycles. The molecule has 4 aromatic rings. The van der Waals surface area contributed by atoms with Gasteiger partial charge in [0.25, 0.3) is 23.1 Å². The van der Waals surface area contributed by atoms with Gasteiger partial charge in [0.1, 0.15) is 5.75 Å². The summed E-state index contributed by atoms with van der Waals surface area (Å²) < 4.78 is 7.87. The van der Waals surface area contributed by atoms with E-state index in [2.05, 4.69) is 31.0 Å². The molecule has 2 atom stereocenters. The molecule has 252 valence electrons. The number of hydrogen-bond acceptors (Lipinski definition) is 8. The second-order valence-corrected chi connectivity index (χ2v) is 13.5. The first-order valence-corrected chi connectivity index (χ1v) is 17.0. The third-order valence-corrected chi connectivity index (χ3v) is 10.4. The highest BCUT2D eigenvalue weighted by Gasteiger charge is 2.36. The van der Waals surface area contributed by atoms with E-state index in [0.717, 1.165) is 23.5 Å². The maximum Gasteiger partial charge on any atom is 0.269 e. The number of piperazine rings is 1. The number of methoxy groups -OCH3 is 1. The Morgan fingerprint density at radius 1 is 0.918 bits per heavy atom. The van der Waals surface area contributed by atoms with E-state index >= 15 is 0 Å². The number of carbonyl (C=O) groups excluding carboxylic acids is 2. The summed E-state index contributed by atoms with van der Waals surface area (Å²) in [5, 5.41) is 14.2. The molecular formula is C36H35BrN6O6. The number of rotatable bonds is 7. The van der Waals surface area contributed by atoms with E-state index < -0.39 is 4.92 Å². The van der Waals surface area contributed by atoms with Gasteiger partial charge in [0, 0.05) is 91.3 Å². The average Bonchev–Trinajstić information content (AvgIpc) is 3.12. The van der Waals surface area contributed by atoms with E-state index in [1.165, 1.54) is 12.1 Å². The molecular weight excluding hydrogens is 692 g/mol. The minimum atomic E-state index is -0.420. The third-order valence-electron chi connectivity index (χ3n) is 9.72. The Morgan fingerprint density at radius 3 is 2.43 bits per heavy atom. The van der Waals surface area contributed by atoms with Crippen LogP contribution < -0.4 is 25.4 Å². The highest BCUT2D eigenvalue weighted by Crippen LogP contribution is 2.40. The fourth-order valence-corrected chi connectivity index (χ4v) is 7.70. The first-order valence-electron chi connectivity index (χ1n) is 16.2. The first kappa shape index (κ1) is 32.4. The predicted molar refractivity (Wildman–Crippen MR) is 190 cm³/mol. The van der Waals surface area contributed by atoms with E-state index in [4.69, 9.17) is 4.74 Å². The zero-order valence-electron chi connectivity index (χ0n) is 26.9. The van der Waals surface area contributed by atoms with Crippen LogP contribution in [0.2, 0.25) is 0 Å². The zero-order valence-corrected chi connectivity index (χ0v) is 28.5. The smallest absolute Gasteiger partial charge is 0.269 e. The molecule has 13 heteroatoms. The van der Waals surface area contributed by atoms with E-state index in [1.54, 1.807) is 54.5 Å². The third kappa shape index (κ3) is 6.50. The quantitative estimate of drug-likeness (QED) is 0.199. The molecule has 4 heterocycles. The van der Waals surface area contributed by atoms with Gasteiger partial charge in [0.05, 0.1) is 29.0 Å². The van der Waals surface area contributed by atoms with Crippen LogP contribution in [-0.2, 0) is 6.54 Å². The van der Waals surface area contributed by atoms with Crippen molar-refractivity contribution >= 4 is 50.5 Å².